The van der Waals surface area contributed by atoms with Gasteiger partial charge in [-0.25, -0.2) is 4.79 Å². The van der Waals surface area contributed by atoms with E-state index >= 15 is 0 Å². The predicted molar refractivity (Wildman–Crippen MR) is 150 cm³/mol. The van der Waals surface area contributed by atoms with Gasteiger partial charge in [-0.2, -0.15) is 24.4 Å². The summed E-state index contributed by atoms with van der Waals surface area (Å²) < 4.78 is 0. The van der Waals surface area contributed by atoms with E-state index in [4.69, 9.17) is 17.2 Å². The molecule has 3 amide bonds. The normalized spacial score (nSPS) is 13.9. The molecule has 11 N–H and O–H groups in total. The molecular formula is C23H37N7O6S2. The highest BCUT2D eigenvalue weighted by Crippen LogP contribution is 2.12. The summed E-state index contributed by atoms with van der Waals surface area (Å²) in [6.07, 6.45) is 2.46. The summed E-state index contributed by atoms with van der Waals surface area (Å²) >= 11 is 5.44. The van der Waals surface area contributed by atoms with Crippen LogP contribution >= 0.6 is 24.4 Å². The minimum absolute atomic E-state index is 0.00244. The lowest BCUT2D eigenvalue weighted by Crippen LogP contribution is -2.57. The number of phenols is 1. The van der Waals surface area contributed by atoms with Crippen molar-refractivity contribution in [3.63, 3.8) is 0 Å². The second-order valence-corrected chi connectivity index (χ2v) is 9.76. The van der Waals surface area contributed by atoms with Crippen LogP contribution in [0.15, 0.2) is 29.3 Å². The number of carboxylic acids is 1. The van der Waals surface area contributed by atoms with Gasteiger partial charge in [-0.15, -0.1) is 0 Å². The number of carbonyl (C=O) groups is 4. The number of nitrogens with one attached hydrogen (secondary N) is 3. The molecule has 1 aromatic rings. The third-order valence-corrected chi connectivity index (χ3v) is 6.38. The molecule has 0 fully saturated rings. The maximum Gasteiger partial charge on any atom is 0.326 e. The average molecular weight is 572 g/mol. The predicted octanol–water partition coefficient (Wildman–Crippen LogP) is -1.46. The van der Waals surface area contributed by atoms with Crippen molar-refractivity contribution in [3.8, 4) is 5.75 Å². The Morgan fingerprint density at radius 1 is 0.974 bits per heavy atom. The molecule has 0 saturated carbocycles. The molecule has 15 heteroatoms. The fraction of sp³-hybridized carbons (Fsp3) is 0.522. The average Bonchev–Trinajstić information content (AvgIpc) is 2.87. The number of nitrogens with two attached hydrogens (primary N) is 3. The monoisotopic (exact) mass is 571 g/mol. The van der Waals surface area contributed by atoms with Crippen LogP contribution in [0, 0.1) is 0 Å². The highest BCUT2D eigenvalue weighted by Gasteiger charge is 2.30. The highest BCUT2D eigenvalue weighted by atomic mass is 32.2. The highest BCUT2D eigenvalue weighted by molar-refractivity contribution is 7.98. The zero-order valence-corrected chi connectivity index (χ0v) is 22.8. The number of carbonyl (C=O) groups excluding carboxylic acids is 3. The Morgan fingerprint density at radius 2 is 1.55 bits per heavy atom. The third-order valence-electron chi connectivity index (χ3n) is 5.35. The van der Waals surface area contributed by atoms with Gasteiger partial charge in [0.15, 0.2) is 5.96 Å². The van der Waals surface area contributed by atoms with Gasteiger partial charge in [-0.1, -0.05) is 12.1 Å². The third kappa shape index (κ3) is 12.4. The first-order valence-corrected chi connectivity index (χ1v) is 13.8. The number of aliphatic imine (C=N–C) groups is 1. The molecule has 13 nitrogen and oxygen atoms in total. The molecule has 0 aliphatic rings. The van der Waals surface area contributed by atoms with E-state index in [1.807, 2.05) is 6.26 Å². The number of aromatic hydroxyl groups is 1. The van der Waals surface area contributed by atoms with Crippen molar-refractivity contribution in [2.24, 2.45) is 22.2 Å². The van der Waals surface area contributed by atoms with Crippen molar-refractivity contribution in [2.75, 3.05) is 24.3 Å². The maximum atomic E-state index is 13.3. The Balaban J connectivity index is 3.15. The van der Waals surface area contributed by atoms with Gasteiger partial charge in [0.2, 0.25) is 17.7 Å². The Kier molecular flexibility index (Phi) is 15.0. The Morgan fingerprint density at radius 3 is 2.11 bits per heavy atom. The SMILES string of the molecule is CSCCC(NC(=O)C(Cc1ccc(O)cc1)NC(=O)C(CCCN=C(N)N)NC(=O)C(N)CS)C(=O)O. The van der Waals surface area contributed by atoms with Crippen LogP contribution in [0.25, 0.3) is 0 Å². The Labute approximate surface area is 231 Å². The number of aliphatic carboxylic acids is 1. The summed E-state index contributed by atoms with van der Waals surface area (Å²) in [6.45, 7) is 0.202. The van der Waals surface area contributed by atoms with Crippen molar-refractivity contribution in [1.29, 1.82) is 0 Å². The smallest absolute Gasteiger partial charge is 0.326 e. The van der Waals surface area contributed by atoms with Crippen LogP contribution in [-0.4, -0.2) is 88.3 Å². The first kappa shape index (κ1) is 32.9. The maximum absolute atomic E-state index is 13.3. The fourth-order valence-electron chi connectivity index (χ4n) is 3.25. The van der Waals surface area contributed by atoms with Gasteiger partial charge in [0, 0.05) is 18.7 Å². The van der Waals surface area contributed by atoms with Crippen LogP contribution < -0.4 is 33.2 Å². The van der Waals surface area contributed by atoms with Gasteiger partial charge in [0.25, 0.3) is 0 Å². The van der Waals surface area contributed by atoms with E-state index in [0.717, 1.165) is 0 Å². The number of hydrogen-bond donors (Lipinski definition) is 9. The molecule has 0 aliphatic carbocycles. The molecule has 0 bridgehead atoms. The summed E-state index contributed by atoms with van der Waals surface area (Å²) in [4.78, 5) is 54.3. The molecule has 0 radical (unpaired) electrons. The number of hydrogen-bond acceptors (Lipinski definition) is 9. The van der Waals surface area contributed by atoms with Gasteiger partial charge in [0.05, 0.1) is 6.04 Å². The van der Waals surface area contributed by atoms with Crippen LogP contribution in [0.4, 0.5) is 0 Å². The van der Waals surface area contributed by atoms with Gasteiger partial charge < -0.3 is 43.4 Å². The van der Waals surface area contributed by atoms with Crippen molar-refractivity contribution in [2.45, 2.75) is 49.9 Å². The van der Waals surface area contributed by atoms with Crippen molar-refractivity contribution in [3.05, 3.63) is 29.8 Å². The molecule has 38 heavy (non-hydrogen) atoms. The lowest BCUT2D eigenvalue weighted by molar-refractivity contribution is -0.142. The van der Waals surface area contributed by atoms with E-state index in [2.05, 4.69) is 33.6 Å². The lowest BCUT2D eigenvalue weighted by atomic mass is 10.0. The zero-order valence-electron chi connectivity index (χ0n) is 21.1. The Hall–Kier alpha value is -3.17. The van der Waals surface area contributed by atoms with E-state index in [-0.39, 0.29) is 43.3 Å². The standard InChI is InChI=1S/C23H37N7O6S2/c1-38-10-8-17(22(35)36)29-21(34)18(11-13-4-6-14(31)7-5-13)30-20(33)16(3-2-9-27-23(25)26)28-19(32)15(24)12-37/h4-7,15-18,31,37H,2-3,8-12,24H2,1H3,(H,28,32)(H,29,34)(H,30,33)(H,35,36)(H4,25,26,27). The van der Waals surface area contributed by atoms with E-state index in [1.165, 1.54) is 23.9 Å². The number of phenolic OH excluding ortho intramolecular Hbond substituents is 1. The Bertz CT molecular complexity index is 960. The van der Waals surface area contributed by atoms with Gasteiger partial charge >= 0.3 is 5.97 Å². The zero-order chi connectivity index (χ0) is 28.7. The molecule has 0 spiro atoms. The molecule has 0 heterocycles. The number of thiol groups is 1. The van der Waals surface area contributed by atoms with Crippen molar-refractivity contribution >= 4 is 54.0 Å². The number of rotatable bonds is 17. The van der Waals surface area contributed by atoms with Crippen LogP contribution in [0.2, 0.25) is 0 Å². The lowest BCUT2D eigenvalue weighted by Gasteiger charge is -2.25. The minimum atomic E-state index is -1.20. The van der Waals surface area contributed by atoms with Gasteiger partial charge in [-0.05, 0) is 49.0 Å². The molecule has 1 aromatic carbocycles. The van der Waals surface area contributed by atoms with Crippen molar-refractivity contribution in [1.82, 2.24) is 16.0 Å². The molecule has 0 aliphatic heterocycles. The number of thioether (sulfide) groups is 1. The van der Waals surface area contributed by atoms with E-state index in [0.29, 0.717) is 17.7 Å². The summed E-state index contributed by atoms with van der Waals surface area (Å²) in [5, 5.41) is 26.8. The van der Waals surface area contributed by atoms with Gasteiger partial charge in [-0.3, -0.25) is 19.4 Å². The fourth-order valence-corrected chi connectivity index (χ4v) is 3.89. The van der Waals surface area contributed by atoms with Crippen LogP contribution in [0.5, 0.6) is 5.75 Å². The molecule has 4 unspecified atom stereocenters. The first-order valence-electron chi connectivity index (χ1n) is 11.8. The second-order valence-electron chi connectivity index (χ2n) is 8.41. The summed E-state index contributed by atoms with van der Waals surface area (Å²) in [5.41, 5.74) is 17.0. The molecule has 0 saturated heterocycles. The summed E-state index contributed by atoms with van der Waals surface area (Å²) in [6, 6.07) is 1.62. The molecule has 212 valence electrons. The van der Waals surface area contributed by atoms with E-state index in [1.54, 1.807) is 12.1 Å². The molecule has 0 aromatic heterocycles. The first-order chi connectivity index (χ1) is 18.0. The quantitative estimate of drug-likeness (QED) is 0.0456. The topological polar surface area (TPSA) is 235 Å². The number of guanidine groups is 1. The molecular weight excluding hydrogens is 534 g/mol. The van der Waals surface area contributed by atoms with Crippen LogP contribution in [-0.2, 0) is 25.6 Å². The van der Waals surface area contributed by atoms with Gasteiger partial charge in [0.1, 0.15) is 23.9 Å². The summed E-state index contributed by atoms with van der Waals surface area (Å²) in [5.74, 6) is -2.74. The van der Waals surface area contributed by atoms with Crippen molar-refractivity contribution < 1.29 is 29.4 Å². The number of carboxylic acid groups (broad SMARTS) is 1. The number of benzene rings is 1. The molecule has 1 rings (SSSR count). The second kappa shape index (κ2) is 17.4. The van der Waals surface area contributed by atoms with E-state index < -0.39 is 47.9 Å². The number of amides is 3. The molecule has 4 atom stereocenters. The number of nitrogens with zero attached hydrogens (tertiary/aromatic N) is 1. The van der Waals surface area contributed by atoms with Crippen LogP contribution in [0.1, 0.15) is 24.8 Å². The largest absolute Gasteiger partial charge is 0.508 e. The van der Waals surface area contributed by atoms with E-state index in [9.17, 15) is 29.4 Å². The minimum Gasteiger partial charge on any atom is -0.508 e. The van der Waals surface area contributed by atoms with Crippen LogP contribution in [0.3, 0.4) is 0 Å². The summed E-state index contributed by atoms with van der Waals surface area (Å²) in [7, 11) is 0.